The van der Waals surface area contributed by atoms with E-state index in [0.717, 1.165) is 16.7 Å². The summed E-state index contributed by atoms with van der Waals surface area (Å²) in [4.78, 5) is 13.8. The highest BCUT2D eigenvalue weighted by atomic mass is 32.2. The van der Waals surface area contributed by atoms with Crippen LogP contribution in [0.2, 0.25) is 0 Å². The zero-order chi connectivity index (χ0) is 23.1. The number of methoxy groups -OCH3 is 2. The topological polar surface area (TPSA) is 69.7 Å². The van der Waals surface area contributed by atoms with Crippen molar-refractivity contribution in [3.63, 3.8) is 0 Å². The van der Waals surface area contributed by atoms with Gasteiger partial charge in [0.1, 0.15) is 5.25 Å². The standard InChI is InChI=1S/C26H26O5S/c1-17-10-12-19(13-11-17)32(28,29)24-16-26(2,18-8-6-5-7-9-18)21-15-23(31-4)22(30-3)14-20(21)25(24)27/h5-15,24H,16H2,1-4H3/t24-,26+/m1/s1. The van der Waals surface area contributed by atoms with Crippen LogP contribution in [0.4, 0.5) is 0 Å². The molecule has 4 rings (SSSR count). The Labute approximate surface area is 188 Å². The van der Waals surface area contributed by atoms with Gasteiger partial charge in [-0.2, -0.15) is 0 Å². The second kappa shape index (κ2) is 8.10. The molecule has 0 spiro atoms. The van der Waals surface area contributed by atoms with Crippen molar-refractivity contribution in [3.05, 3.63) is 89.0 Å². The number of carbonyl (C=O) groups is 1. The van der Waals surface area contributed by atoms with Crippen LogP contribution in [0.15, 0.2) is 71.6 Å². The monoisotopic (exact) mass is 450 g/mol. The van der Waals surface area contributed by atoms with Gasteiger partial charge in [0.25, 0.3) is 0 Å². The molecule has 0 aromatic heterocycles. The van der Waals surface area contributed by atoms with Crippen molar-refractivity contribution < 1.29 is 22.7 Å². The van der Waals surface area contributed by atoms with Crippen LogP contribution in [0, 0.1) is 6.92 Å². The number of hydrogen-bond acceptors (Lipinski definition) is 5. The summed E-state index contributed by atoms with van der Waals surface area (Å²) in [6.45, 7) is 3.88. The van der Waals surface area contributed by atoms with Crippen LogP contribution < -0.4 is 9.47 Å². The van der Waals surface area contributed by atoms with Gasteiger partial charge in [-0.3, -0.25) is 4.79 Å². The molecule has 0 bridgehead atoms. The minimum absolute atomic E-state index is 0.133. The molecular formula is C26H26O5S. The summed E-state index contributed by atoms with van der Waals surface area (Å²) < 4.78 is 38.2. The SMILES string of the molecule is COc1cc2c(cc1OC)[C@](C)(c1ccccc1)C[C@@H](S(=O)(=O)c1ccc(C)cc1)C2=O. The number of ketones is 1. The lowest BCUT2D eigenvalue weighted by Gasteiger charge is -2.39. The van der Waals surface area contributed by atoms with Crippen LogP contribution in [-0.4, -0.2) is 33.7 Å². The third-order valence-electron chi connectivity index (χ3n) is 6.40. The van der Waals surface area contributed by atoms with Gasteiger partial charge in [-0.25, -0.2) is 8.42 Å². The quantitative estimate of drug-likeness (QED) is 0.561. The van der Waals surface area contributed by atoms with Crippen LogP contribution in [0.1, 0.15) is 40.4 Å². The summed E-state index contributed by atoms with van der Waals surface area (Å²) in [5, 5.41) is -1.21. The molecule has 0 saturated carbocycles. The Hall–Kier alpha value is -3.12. The van der Waals surface area contributed by atoms with Gasteiger partial charge in [-0.1, -0.05) is 55.0 Å². The summed E-state index contributed by atoms with van der Waals surface area (Å²) in [5.41, 5.74) is 2.26. The van der Waals surface area contributed by atoms with Crippen LogP contribution in [0.5, 0.6) is 11.5 Å². The van der Waals surface area contributed by atoms with Crippen LogP contribution in [0.25, 0.3) is 0 Å². The van der Waals surface area contributed by atoms with Crippen molar-refractivity contribution in [1.82, 2.24) is 0 Å². The van der Waals surface area contributed by atoms with Gasteiger partial charge in [-0.05, 0) is 48.7 Å². The lowest BCUT2D eigenvalue weighted by Crippen LogP contribution is -2.44. The van der Waals surface area contributed by atoms with Gasteiger partial charge < -0.3 is 9.47 Å². The van der Waals surface area contributed by atoms with E-state index >= 15 is 0 Å². The Morgan fingerprint density at radius 1 is 0.906 bits per heavy atom. The highest BCUT2D eigenvalue weighted by molar-refractivity contribution is 7.92. The first-order valence-corrected chi connectivity index (χ1v) is 11.9. The third-order valence-corrected chi connectivity index (χ3v) is 8.46. The maximum atomic E-state index is 13.6. The van der Waals surface area contributed by atoms with Gasteiger partial charge in [-0.15, -0.1) is 0 Å². The number of ether oxygens (including phenoxy) is 2. The Morgan fingerprint density at radius 2 is 1.50 bits per heavy atom. The van der Waals surface area contributed by atoms with Crippen molar-refractivity contribution in [2.75, 3.05) is 14.2 Å². The van der Waals surface area contributed by atoms with E-state index in [4.69, 9.17) is 9.47 Å². The van der Waals surface area contributed by atoms with Gasteiger partial charge in [0.15, 0.2) is 27.1 Å². The Kier molecular flexibility index (Phi) is 5.59. The van der Waals surface area contributed by atoms with Crippen molar-refractivity contribution in [1.29, 1.82) is 0 Å². The van der Waals surface area contributed by atoms with Crippen molar-refractivity contribution in [2.24, 2.45) is 0 Å². The minimum atomic E-state index is -3.91. The molecule has 0 radical (unpaired) electrons. The molecule has 0 unspecified atom stereocenters. The van der Waals surface area contributed by atoms with E-state index in [2.05, 4.69) is 0 Å². The lowest BCUT2D eigenvalue weighted by molar-refractivity contribution is 0.0963. The van der Waals surface area contributed by atoms with Crippen molar-refractivity contribution in [3.8, 4) is 11.5 Å². The second-order valence-corrected chi connectivity index (χ2v) is 10.5. The third kappa shape index (κ3) is 3.48. The highest BCUT2D eigenvalue weighted by Crippen LogP contribution is 2.48. The van der Waals surface area contributed by atoms with Crippen LogP contribution >= 0.6 is 0 Å². The van der Waals surface area contributed by atoms with Crippen LogP contribution in [0.3, 0.4) is 0 Å². The van der Waals surface area contributed by atoms with E-state index in [9.17, 15) is 13.2 Å². The van der Waals surface area contributed by atoms with E-state index < -0.39 is 26.3 Å². The first-order chi connectivity index (χ1) is 15.2. The number of sulfone groups is 1. The molecular weight excluding hydrogens is 424 g/mol. The highest BCUT2D eigenvalue weighted by Gasteiger charge is 2.48. The number of carbonyl (C=O) groups excluding carboxylic acids is 1. The lowest BCUT2D eigenvalue weighted by atomic mass is 9.66. The number of aryl methyl sites for hydroxylation is 1. The van der Waals surface area contributed by atoms with E-state index in [1.54, 1.807) is 43.5 Å². The van der Waals surface area contributed by atoms with Crippen molar-refractivity contribution in [2.45, 2.75) is 35.8 Å². The number of fused-ring (bicyclic) bond motifs is 1. The molecule has 0 N–H and O–H groups in total. The first kappa shape index (κ1) is 22.1. The molecule has 0 amide bonds. The predicted molar refractivity (Wildman–Crippen MR) is 124 cm³/mol. The first-order valence-electron chi connectivity index (χ1n) is 10.4. The average molecular weight is 451 g/mol. The molecule has 2 atom stereocenters. The molecule has 1 aliphatic rings. The maximum absolute atomic E-state index is 13.6. The number of hydrogen-bond donors (Lipinski definition) is 0. The molecule has 5 nitrogen and oxygen atoms in total. The van der Waals surface area contributed by atoms with E-state index in [1.165, 1.54) is 7.11 Å². The van der Waals surface area contributed by atoms with Crippen molar-refractivity contribution >= 4 is 15.6 Å². The largest absolute Gasteiger partial charge is 0.493 e. The van der Waals surface area contributed by atoms with Gasteiger partial charge in [0.05, 0.1) is 19.1 Å². The molecule has 3 aromatic carbocycles. The summed E-state index contributed by atoms with van der Waals surface area (Å²) in [6, 6.07) is 19.7. The fourth-order valence-electron chi connectivity index (χ4n) is 4.51. The van der Waals surface area contributed by atoms with E-state index in [0.29, 0.717) is 17.1 Å². The number of rotatable bonds is 5. The summed E-state index contributed by atoms with van der Waals surface area (Å²) in [5.74, 6) is 0.472. The molecule has 1 aliphatic carbocycles. The Balaban J connectivity index is 1.96. The fraction of sp³-hybridized carbons (Fsp3) is 0.269. The molecule has 0 fully saturated rings. The van der Waals surface area contributed by atoms with Gasteiger partial charge in [0, 0.05) is 11.0 Å². The minimum Gasteiger partial charge on any atom is -0.493 e. The Morgan fingerprint density at radius 3 is 2.09 bits per heavy atom. The molecule has 3 aromatic rings. The van der Waals surface area contributed by atoms with E-state index in [1.807, 2.05) is 44.2 Å². The maximum Gasteiger partial charge on any atom is 0.188 e. The molecule has 6 heteroatoms. The smallest absolute Gasteiger partial charge is 0.188 e. The predicted octanol–water partition coefficient (Wildman–Crippen LogP) is 4.75. The Bertz CT molecular complexity index is 1260. The fourth-order valence-corrected chi connectivity index (χ4v) is 6.31. The van der Waals surface area contributed by atoms with Gasteiger partial charge >= 0.3 is 0 Å². The molecule has 0 saturated heterocycles. The summed E-state index contributed by atoms with van der Waals surface area (Å²) in [7, 11) is -0.871. The van der Waals surface area contributed by atoms with Gasteiger partial charge in [0.2, 0.25) is 0 Å². The number of benzene rings is 3. The van der Waals surface area contributed by atoms with E-state index in [-0.39, 0.29) is 11.3 Å². The average Bonchev–Trinajstić information content (AvgIpc) is 2.81. The summed E-state index contributed by atoms with van der Waals surface area (Å²) >= 11 is 0. The summed E-state index contributed by atoms with van der Waals surface area (Å²) in [6.07, 6.45) is 0.133. The van der Waals surface area contributed by atoms with Crippen LogP contribution in [-0.2, 0) is 15.3 Å². The molecule has 0 aliphatic heterocycles. The zero-order valence-electron chi connectivity index (χ0n) is 18.6. The zero-order valence-corrected chi connectivity index (χ0v) is 19.4. The second-order valence-electron chi connectivity index (χ2n) is 8.37. The normalized spacial score (nSPS) is 20.5. The number of Topliss-reactive ketones (excluding diaryl/α,β-unsaturated/α-hetero) is 1. The molecule has 32 heavy (non-hydrogen) atoms. The molecule has 166 valence electrons. The molecule has 0 heterocycles.